The molecule has 12 atom stereocenters. The van der Waals surface area contributed by atoms with Gasteiger partial charge >= 0.3 is 22.4 Å². The molecular formula is C84H134N24O20S3Tc+2. The Morgan fingerprint density at radius 1 is 0.538 bits per heavy atom. The van der Waals surface area contributed by atoms with Gasteiger partial charge in [0.1, 0.15) is 72.5 Å². The number of hydrogen-bond donors (Lipinski definition) is 21. The van der Waals surface area contributed by atoms with Crippen LogP contribution in [-0.4, -0.2) is 290 Å². The molecule has 0 bridgehead atoms. The topological polar surface area (TPSA) is 677 Å². The van der Waals surface area contributed by atoms with Crippen LogP contribution in [0.5, 0.6) is 0 Å². The Labute approximate surface area is 794 Å². The van der Waals surface area contributed by atoms with Crippen molar-refractivity contribution in [3.05, 3.63) is 54.2 Å². The molecule has 1 aliphatic heterocycles. The van der Waals surface area contributed by atoms with E-state index in [4.69, 9.17) is 51.7 Å². The molecule has 12 unspecified atom stereocenters. The number of carbonyl (C=O) groups excluding carboxylic acids is 19. The Bertz CT molecular complexity index is 4400. The number of aromatic nitrogens is 3. The van der Waals surface area contributed by atoms with Gasteiger partial charge in [-0.3, -0.25) is 96.0 Å². The Kier molecular flexibility index (Phi) is 51.1. The Morgan fingerprint density at radius 2 is 1.04 bits per heavy atom. The number of likely N-dealkylation sites (N-methyl/N-ethyl adjacent to an activating group) is 1. The zero-order chi connectivity index (χ0) is 99.4. The van der Waals surface area contributed by atoms with Gasteiger partial charge in [0.15, 0.2) is 0 Å². The first-order chi connectivity index (χ1) is 61.9. The number of rotatable bonds is 61. The van der Waals surface area contributed by atoms with Crippen LogP contribution in [0.1, 0.15) is 171 Å². The number of amides is 19. The van der Waals surface area contributed by atoms with Gasteiger partial charge in [-0.15, -0.1) is 9.49 Å². The third-order valence-corrected chi connectivity index (χ3v) is 21.3. The zero-order valence-corrected chi connectivity index (χ0v) is 81.4. The molecule has 1 fully saturated rings. The second kappa shape index (κ2) is 58.4. The van der Waals surface area contributed by atoms with E-state index >= 15 is 0 Å². The Morgan fingerprint density at radius 3 is 1.56 bits per heavy atom. The van der Waals surface area contributed by atoms with E-state index in [1.807, 2.05) is 59.7 Å². The fourth-order valence-corrected chi connectivity index (χ4v) is 14.9. The average molecular weight is 2000 g/mol. The number of hydrogen-bond acceptors (Lipinski definition) is 26. The summed E-state index contributed by atoms with van der Waals surface area (Å²) < 4.78 is 7.27. The quantitative estimate of drug-likeness (QED) is 0.0186. The standard InChI is InChI=1S/C84H136N24O19S3.O.Tc/c1-45(2)32-58(103-74(119)54(100-76(121)56(21-24-63(85)109)101-75(120)55-23-26-66(112)96-55)20-16-17-28-90-69(115)41-108(43-84(10,11)129)30-29-107(12)42-83(8,9)128)73(118)92-39-67(113)98-62(36-65(87)111)81(126)102-57(22-25-64(86)110)77(122)105-60(34-49-37-91-52-19-15-14-18-51(49)52)78(123)95-48(7)72(117)106-70(47(5)6)82(127)93-40-68(114)97-61(35-50-38-89-44-94-50)80(125)104-59(33-46(3)4)79(124)99-53(71(88)116)27-31-130-13;;/h14-15,18-19,37-38,44-48,53-62,70,91,128-129H,16-17,20-36,39-43H2,1-13H3,(H2,85,109)(H2,86,110)(H2,87,111)(H2,88,116)(H,89,94)(H,90,115)(H,92,118)(H,93,127)(H,95,123)(H,96,112)(H,97,114)(H,98,113)(H,99,124)(H,100,121)(H,101,120)(H,102,126)(H,103,119)(H,104,125)(H,105,122)(H,106,117);;/q;;+4/p-2/i;;1+1. The first-order valence-electron chi connectivity index (χ1n) is 43.5. The molecule has 3 heterocycles. The molecule has 48 heteroatoms. The number of para-hydroxylation sites is 1. The van der Waals surface area contributed by atoms with E-state index in [1.54, 1.807) is 58.2 Å². The minimum atomic E-state index is -1.91. The number of nitrogens with zero attached hydrogens (tertiary/aromatic N) is 3. The first kappa shape index (κ1) is 115. The van der Waals surface area contributed by atoms with Gasteiger partial charge in [-0.2, -0.15) is 11.8 Å². The summed E-state index contributed by atoms with van der Waals surface area (Å²) in [5.74, 6) is -17.3. The van der Waals surface area contributed by atoms with Gasteiger partial charge in [0.05, 0.1) is 32.4 Å². The molecule has 733 valence electrons. The normalized spacial score (nSPS) is 15.1. The van der Waals surface area contributed by atoms with E-state index in [2.05, 4.69) is 99.6 Å². The number of nitrogens with two attached hydrogens (primary N) is 4. The van der Waals surface area contributed by atoms with Crippen molar-refractivity contribution in [2.75, 3.05) is 71.4 Å². The molecular weight excluding hydrogens is 1860 g/mol. The van der Waals surface area contributed by atoms with E-state index in [0.29, 0.717) is 54.1 Å². The molecule has 0 aliphatic carbocycles. The van der Waals surface area contributed by atoms with Crippen LogP contribution in [0.2, 0.25) is 0 Å². The number of H-pyrrole nitrogens is 2. The Hall–Kier alpha value is -10.7. The molecule has 2 aromatic heterocycles. The fraction of sp³-hybridized carbons (Fsp3) is 0.643. The summed E-state index contributed by atoms with van der Waals surface area (Å²) in [5.41, 5.74) is 23.7. The number of nitrogens with one attached hydrogen (secondary N) is 17. The third kappa shape index (κ3) is 45.2. The molecule has 0 spiro atoms. The second-order valence-electron chi connectivity index (χ2n) is 35.0. The molecule has 1 saturated heterocycles. The zero-order valence-electron chi connectivity index (χ0n) is 77.1. The molecule has 0 radical (unpaired) electrons. The maximum absolute atomic E-state index is 14.7. The molecule has 44 nitrogen and oxygen atoms in total. The van der Waals surface area contributed by atoms with Crippen molar-refractivity contribution in [1.29, 1.82) is 0 Å². The molecule has 0 saturated carbocycles. The van der Waals surface area contributed by atoms with Crippen molar-refractivity contribution in [3.63, 3.8) is 0 Å². The Balaban J connectivity index is 0.0000223. The van der Waals surface area contributed by atoms with Crippen molar-refractivity contribution in [2.24, 2.45) is 40.7 Å². The predicted molar refractivity (Wildman–Crippen MR) is 489 cm³/mol. The number of unbranched alkanes of at least 4 members (excludes halogenated alkanes) is 1. The molecule has 132 heavy (non-hydrogen) atoms. The van der Waals surface area contributed by atoms with Crippen LogP contribution in [0.3, 0.4) is 0 Å². The van der Waals surface area contributed by atoms with Crippen LogP contribution in [0, 0.1) is 17.8 Å². The van der Waals surface area contributed by atoms with Crippen LogP contribution >= 0.6 is 11.8 Å². The van der Waals surface area contributed by atoms with Gasteiger partial charge in [0, 0.05) is 80.7 Å². The molecule has 4 rings (SSSR count). The van der Waals surface area contributed by atoms with Crippen molar-refractivity contribution in [2.45, 2.75) is 254 Å². The fourth-order valence-electron chi connectivity index (χ4n) is 14.0. The van der Waals surface area contributed by atoms with Crippen LogP contribution in [0.4, 0.5) is 0 Å². The van der Waals surface area contributed by atoms with Gasteiger partial charge in [-0.05, 0) is 126 Å². The number of imidazole rings is 1. The van der Waals surface area contributed by atoms with Crippen LogP contribution < -0.4 is 103 Å². The van der Waals surface area contributed by atoms with Crippen molar-refractivity contribution >= 4 is 160 Å². The summed E-state index contributed by atoms with van der Waals surface area (Å²) in [7, 11) is 1.94. The van der Waals surface area contributed by atoms with E-state index < -0.39 is 228 Å². The first-order valence-corrected chi connectivity index (χ1v) is 46.4. The molecule has 1 aromatic carbocycles. The van der Waals surface area contributed by atoms with E-state index in [-0.39, 0.29) is 106 Å². The van der Waals surface area contributed by atoms with Gasteiger partial charge in [-0.25, -0.2) is 4.98 Å². The number of thioether (sulfide) groups is 1. The summed E-state index contributed by atoms with van der Waals surface area (Å²) in [6.07, 6.45) is 3.62. The molecule has 19 amide bonds. The van der Waals surface area contributed by atoms with Gasteiger partial charge in [-0.1, -0.05) is 87.4 Å². The van der Waals surface area contributed by atoms with Crippen LogP contribution in [-0.2, 0) is 152 Å². The third-order valence-electron chi connectivity index (χ3n) is 20.4. The van der Waals surface area contributed by atoms with Crippen molar-refractivity contribution < 1.29 is 113 Å². The van der Waals surface area contributed by atoms with Gasteiger partial charge < -0.3 is 143 Å². The van der Waals surface area contributed by atoms with E-state index in [0.717, 1.165) is 18.9 Å². The number of benzene rings is 1. The van der Waals surface area contributed by atoms with Gasteiger partial charge in [0.25, 0.3) is 0 Å². The maximum atomic E-state index is 14.7. The average Bonchev–Trinajstić information content (AvgIpc) is 1.70. The predicted octanol–water partition coefficient (Wildman–Crippen LogP) is -5.02. The van der Waals surface area contributed by atoms with E-state index in [9.17, 15) is 91.1 Å². The number of carbonyl (C=O) groups is 19. The SMILES string of the molecule is CSCCC(NC(=O)C(CC(C)C)NC(=O)C(Cc1cnc[nH]1)NC(=O)CNC(=O)C(NC(=O)C(C)NC(=O)C(Cc1c[nH]c2ccccc12)NC(=O)C(CCC(N)=O)NC(=O)C(CC(N)=O)NC(=O)CNC(=O)C(CC(C)C)NC(=O)C(CCCCNC(=O)CN(CCN(C)CC(C)(C)[S-])CC(C)(C)[S-])NC(=O)C(CCC(N)=O)NC(=O)C1CCC(=O)N1)C(C)C)C(N)=O.[O]=[99Tc+4]. The summed E-state index contributed by atoms with van der Waals surface area (Å²) >= 11 is 13.6. The molecule has 25 N–H and O–H groups in total. The molecule has 3 aromatic rings. The minimum absolute atomic E-state index is 0.0145. The summed E-state index contributed by atoms with van der Waals surface area (Å²) in [6, 6.07) is -10.2. The second-order valence-corrected chi connectivity index (χ2v) is 38.2. The van der Waals surface area contributed by atoms with E-state index in [1.165, 1.54) is 31.2 Å². The summed E-state index contributed by atoms with van der Waals surface area (Å²) in [6.45, 7) is 19.8. The van der Waals surface area contributed by atoms with Crippen LogP contribution in [0.25, 0.3) is 10.9 Å². The van der Waals surface area contributed by atoms with Gasteiger partial charge in [0.2, 0.25) is 112 Å². The van der Waals surface area contributed by atoms with Crippen molar-refractivity contribution in [3.8, 4) is 0 Å². The summed E-state index contributed by atoms with van der Waals surface area (Å²) in [5, 5.41) is 38.9. The monoisotopic (exact) mass is 1990 g/mol. The number of fused-ring (bicyclic) bond motifs is 1. The number of primary amides is 4. The number of aromatic amines is 2. The summed E-state index contributed by atoms with van der Waals surface area (Å²) in [4.78, 5) is 272. The molecule has 1 aliphatic rings. The van der Waals surface area contributed by atoms with Crippen LogP contribution in [0.15, 0.2) is 43.0 Å². The van der Waals surface area contributed by atoms with Crippen molar-refractivity contribution in [1.82, 2.24) is 105 Å².